The molecule has 3 rings (SSSR count). The summed E-state index contributed by atoms with van der Waals surface area (Å²) in [5.41, 5.74) is 0. The van der Waals surface area contributed by atoms with E-state index in [1.54, 1.807) is 12.7 Å². The minimum absolute atomic E-state index is 0.00628. The molecule has 12 heteroatoms. The van der Waals surface area contributed by atoms with Crippen molar-refractivity contribution in [3.05, 3.63) is 12.7 Å². The lowest BCUT2D eigenvalue weighted by molar-refractivity contribution is -0.136. The van der Waals surface area contributed by atoms with Gasteiger partial charge in [-0.15, -0.1) is 10.2 Å². The van der Waals surface area contributed by atoms with E-state index in [1.807, 2.05) is 4.57 Å². The SMILES string of the molecule is CNS(=O)(=O)CCNC(=O)[C@@H]1C[C@H]2CCN(CCn3cnnc3)C[C@H]21.O=CO. The molecule has 1 saturated carbocycles. The second kappa shape index (κ2) is 10.5. The van der Waals surface area contributed by atoms with Crippen LogP contribution in [0.15, 0.2) is 12.7 Å². The molecule has 1 aliphatic carbocycles. The van der Waals surface area contributed by atoms with Gasteiger partial charge in [-0.3, -0.25) is 9.59 Å². The van der Waals surface area contributed by atoms with Gasteiger partial charge in [0.1, 0.15) is 12.7 Å². The number of hydrogen-bond donors (Lipinski definition) is 3. The Morgan fingerprint density at radius 3 is 2.64 bits per heavy atom. The number of carboxylic acid groups (broad SMARTS) is 1. The smallest absolute Gasteiger partial charge is 0.290 e. The average Bonchev–Trinajstić information content (AvgIpc) is 3.16. The lowest BCUT2D eigenvalue weighted by atomic mass is 9.61. The van der Waals surface area contributed by atoms with Crippen LogP contribution in [0, 0.1) is 17.8 Å². The zero-order valence-electron chi connectivity index (χ0n) is 15.9. The van der Waals surface area contributed by atoms with Crippen molar-refractivity contribution < 1.29 is 23.1 Å². The summed E-state index contributed by atoms with van der Waals surface area (Å²) in [4.78, 5) is 23.1. The van der Waals surface area contributed by atoms with Gasteiger partial charge in [-0.1, -0.05) is 0 Å². The van der Waals surface area contributed by atoms with E-state index in [1.165, 1.54) is 7.05 Å². The standard InChI is InChI=1S/C15H26N6O3S.CH2O2/c1-16-25(23,24)7-3-17-15(22)13-8-12-2-4-20(9-14(12)13)5-6-21-10-18-19-11-21;2-1-3/h10-14,16H,2-9H2,1H3,(H,17,22);1H,(H,2,3)/t12-,13-,14-;/m1./s1. The molecule has 1 aliphatic heterocycles. The third kappa shape index (κ3) is 6.24. The molecule has 1 aromatic rings. The Morgan fingerprint density at radius 1 is 1.32 bits per heavy atom. The maximum absolute atomic E-state index is 12.3. The van der Waals surface area contributed by atoms with Crippen LogP contribution in [-0.2, 0) is 26.2 Å². The second-order valence-corrected chi connectivity index (χ2v) is 9.02. The number of aromatic nitrogens is 3. The van der Waals surface area contributed by atoms with Gasteiger partial charge >= 0.3 is 0 Å². The van der Waals surface area contributed by atoms with Gasteiger partial charge in [-0.25, -0.2) is 13.1 Å². The van der Waals surface area contributed by atoms with E-state index in [0.717, 1.165) is 39.0 Å². The molecule has 2 heterocycles. The van der Waals surface area contributed by atoms with E-state index in [-0.39, 0.29) is 30.6 Å². The Hall–Kier alpha value is -2.05. The Kier molecular flexibility index (Phi) is 8.33. The number of piperidine rings is 1. The van der Waals surface area contributed by atoms with Gasteiger partial charge < -0.3 is 19.9 Å². The summed E-state index contributed by atoms with van der Waals surface area (Å²) in [7, 11) is -1.90. The summed E-state index contributed by atoms with van der Waals surface area (Å²) in [6.07, 6.45) is 5.48. The molecule has 0 aromatic carbocycles. The summed E-state index contributed by atoms with van der Waals surface area (Å²) < 4.78 is 27.0. The number of sulfonamides is 1. The molecule has 1 aromatic heterocycles. The molecular formula is C16H28N6O5S. The lowest BCUT2D eigenvalue weighted by Crippen LogP contribution is -2.55. The van der Waals surface area contributed by atoms with Gasteiger partial charge in [-0.05, 0) is 38.3 Å². The Bertz CT molecular complexity index is 726. The summed E-state index contributed by atoms with van der Waals surface area (Å²) in [6.45, 7) is 3.68. The number of carbonyl (C=O) groups is 2. The number of carbonyl (C=O) groups excluding carboxylic acids is 1. The Morgan fingerprint density at radius 2 is 2.00 bits per heavy atom. The van der Waals surface area contributed by atoms with Crippen LogP contribution in [0.4, 0.5) is 0 Å². The zero-order chi connectivity index (χ0) is 20.6. The molecule has 1 saturated heterocycles. The molecule has 158 valence electrons. The van der Waals surface area contributed by atoms with Crippen molar-refractivity contribution in [2.75, 3.05) is 39.0 Å². The van der Waals surface area contributed by atoms with Crippen LogP contribution in [0.5, 0.6) is 0 Å². The van der Waals surface area contributed by atoms with Gasteiger partial charge in [0.25, 0.3) is 6.47 Å². The van der Waals surface area contributed by atoms with Gasteiger partial charge in [-0.2, -0.15) is 0 Å². The first-order valence-electron chi connectivity index (χ1n) is 9.21. The van der Waals surface area contributed by atoms with Gasteiger partial charge in [0, 0.05) is 32.1 Å². The molecule has 11 nitrogen and oxygen atoms in total. The summed E-state index contributed by atoms with van der Waals surface area (Å²) in [5, 5.41) is 17.3. The molecule has 3 atom stereocenters. The average molecular weight is 417 g/mol. The summed E-state index contributed by atoms with van der Waals surface area (Å²) in [6, 6.07) is 0. The highest BCUT2D eigenvalue weighted by molar-refractivity contribution is 7.89. The normalized spacial score (nSPS) is 24.2. The van der Waals surface area contributed by atoms with Crippen LogP contribution in [0.2, 0.25) is 0 Å². The van der Waals surface area contributed by atoms with E-state index >= 15 is 0 Å². The molecule has 0 unspecified atom stereocenters. The van der Waals surface area contributed by atoms with Crippen molar-refractivity contribution in [1.29, 1.82) is 0 Å². The quantitative estimate of drug-likeness (QED) is 0.439. The van der Waals surface area contributed by atoms with Crippen molar-refractivity contribution in [2.24, 2.45) is 17.8 Å². The lowest BCUT2D eigenvalue weighted by Gasteiger charge is -2.50. The van der Waals surface area contributed by atoms with Crippen molar-refractivity contribution in [3.63, 3.8) is 0 Å². The maximum atomic E-state index is 12.3. The van der Waals surface area contributed by atoms with Crippen LogP contribution in [0.25, 0.3) is 0 Å². The molecule has 28 heavy (non-hydrogen) atoms. The third-order valence-electron chi connectivity index (χ3n) is 5.42. The predicted molar refractivity (Wildman–Crippen MR) is 101 cm³/mol. The second-order valence-electron chi connectivity index (χ2n) is 6.97. The van der Waals surface area contributed by atoms with E-state index in [2.05, 4.69) is 25.1 Å². The molecule has 3 N–H and O–H groups in total. The van der Waals surface area contributed by atoms with Crippen molar-refractivity contribution in [3.8, 4) is 0 Å². The highest BCUT2D eigenvalue weighted by Crippen LogP contribution is 2.45. The highest BCUT2D eigenvalue weighted by Gasteiger charge is 2.47. The fraction of sp³-hybridized carbons (Fsp3) is 0.750. The zero-order valence-corrected chi connectivity index (χ0v) is 16.7. The number of nitrogens with zero attached hydrogens (tertiary/aromatic N) is 4. The van der Waals surface area contributed by atoms with Crippen LogP contribution in [0.1, 0.15) is 12.8 Å². The molecule has 0 spiro atoms. The number of hydrogen-bond acceptors (Lipinski definition) is 7. The number of rotatable bonds is 8. The minimum Gasteiger partial charge on any atom is -0.483 e. The first-order valence-corrected chi connectivity index (χ1v) is 10.9. The topological polar surface area (TPSA) is 147 Å². The van der Waals surface area contributed by atoms with Crippen LogP contribution in [-0.4, -0.2) is 84.5 Å². The van der Waals surface area contributed by atoms with Crippen molar-refractivity contribution >= 4 is 22.4 Å². The monoisotopic (exact) mass is 416 g/mol. The number of nitrogens with one attached hydrogen (secondary N) is 2. The molecule has 0 bridgehead atoms. The molecule has 0 radical (unpaired) electrons. The fourth-order valence-corrected chi connectivity index (χ4v) is 4.37. The van der Waals surface area contributed by atoms with Gasteiger partial charge in [0.15, 0.2) is 0 Å². The Balaban J connectivity index is 0.000000878. The Labute approximate surface area is 164 Å². The molecule has 2 fully saturated rings. The predicted octanol–water partition coefficient (Wildman–Crippen LogP) is -1.40. The summed E-state index contributed by atoms with van der Waals surface area (Å²) in [5.74, 6) is 0.938. The first kappa shape index (κ1) is 22.2. The van der Waals surface area contributed by atoms with Gasteiger partial charge in [0.05, 0.1) is 5.75 Å². The summed E-state index contributed by atoms with van der Waals surface area (Å²) >= 11 is 0. The molecular weight excluding hydrogens is 388 g/mol. The number of fused-ring (bicyclic) bond motifs is 1. The fourth-order valence-electron chi connectivity index (χ4n) is 3.80. The van der Waals surface area contributed by atoms with Crippen molar-refractivity contribution in [1.82, 2.24) is 29.7 Å². The minimum atomic E-state index is -3.28. The van der Waals surface area contributed by atoms with Gasteiger partial charge in [0.2, 0.25) is 15.9 Å². The largest absolute Gasteiger partial charge is 0.483 e. The van der Waals surface area contributed by atoms with Crippen LogP contribution >= 0.6 is 0 Å². The molecule has 2 aliphatic rings. The number of amides is 1. The van der Waals surface area contributed by atoms with E-state index < -0.39 is 10.0 Å². The number of likely N-dealkylation sites (tertiary alicyclic amines) is 1. The third-order valence-corrected chi connectivity index (χ3v) is 6.79. The first-order chi connectivity index (χ1) is 13.4. The van der Waals surface area contributed by atoms with E-state index in [9.17, 15) is 13.2 Å². The highest BCUT2D eigenvalue weighted by atomic mass is 32.2. The molecule has 1 amide bonds. The maximum Gasteiger partial charge on any atom is 0.290 e. The van der Waals surface area contributed by atoms with E-state index in [0.29, 0.717) is 11.8 Å². The van der Waals surface area contributed by atoms with Crippen molar-refractivity contribution in [2.45, 2.75) is 19.4 Å². The van der Waals surface area contributed by atoms with Crippen LogP contribution in [0.3, 0.4) is 0 Å². The van der Waals surface area contributed by atoms with Crippen LogP contribution < -0.4 is 10.0 Å². The van der Waals surface area contributed by atoms with E-state index in [4.69, 9.17) is 9.90 Å².